The summed E-state index contributed by atoms with van der Waals surface area (Å²) in [7, 11) is 0. The first-order valence-electron chi connectivity index (χ1n) is 9.07. The normalized spacial score (nSPS) is 16.4. The van der Waals surface area contributed by atoms with E-state index < -0.39 is 5.91 Å². The summed E-state index contributed by atoms with van der Waals surface area (Å²) in [5.41, 5.74) is 8.11. The van der Waals surface area contributed by atoms with Crippen LogP contribution in [0.3, 0.4) is 0 Å². The van der Waals surface area contributed by atoms with E-state index in [1.807, 2.05) is 30.3 Å². The molecule has 136 valence electrons. The fourth-order valence-corrected chi connectivity index (χ4v) is 4.92. The summed E-state index contributed by atoms with van der Waals surface area (Å²) in [5, 5.41) is 3.44. The lowest BCUT2D eigenvalue weighted by Crippen LogP contribution is -2.19. The maximum atomic E-state index is 12.3. The first-order valence-corrected chi connectivity index (χ1v) is 9.88. The van der Waals surface area contributed by atoms with Crippen molar-refractivity contribution >= 4 is 34.2 Å². The van der Waals surface area contributed by atoms with E-state index in [-0.39, 0.29) is 5.91 Å². The van der Waals surface area contributed by atoms with Crippen molar-refractivity contribution in [3.63, 3.8) is 0 Å². The van der Waals surface area contributed by atoms with Gasteiger partial charge in [-0.25, -0.2) is 0 Å². The van der Waals surface area contributed by atoms with Gasteiger partial charge in [0.2, 0.25) is 5.91 Å². The highest BCUT2D eigenvalue weighted by Gasteiger charge is 2.28. The van der Waals surface area contributed by atoms with Crippen LogP contribution in [-0.4, -0.2) is 11.8 Å². The Hall–Kier alpha value is -2.40. The van der Waals surface area contributed by atoms with Crippen LogP contribution in [0.1, 0.15) is 52.5 Å². The molecule has 0 bridgehead atoms. The second kappa shape index (κ2) is 8.32. The van der Waals surface area contributed by atoms with Crippen molar-refractivity contribution in [1.82, 2.24) is 0 Å². The molecule has 1 aromatic heterocycles. The molecule has 0 unspecified atom stereocenters. The first-order chi connectivity index (χ1) is 12.6. The van der Waals surface area contributed by atoms with E-state index in [0.717, 1.165) is 30.4 Å². The van der Waals surface area contributed by atoms with Crippen LogP contribution in [0.25, 0.3) is 6.08 Å². The number of anilines is 1. The molecule has 3 rings (SSSR count). The number of carbonyl (C=O) groups excluding carboxylic acids is 2. The summed E-state index contributed by atoms with van der Waals surface area (Å²) >= 11 is 1.50. The highest BCUT2D eigenvalue weighted by Crippen LogP contribution is 2.40. The fourth-order valence-electron chi connectivity index (χ4n) is 3.55. The number of amides is 2. The van der Waals surface area contributed by atoms with Gasteiger partial charge in [-0.3, -0.25) is 9.59 Å². The summed E-state index contributed by atoms with van der Waals surface area (Å²) in [6.07, 6.45) is 8.53. The van der Waals surface area contributed by atoms with Gasteiger partial charge in [0.25, 0.3) is 5.91 Å². The van der Waals surface area contributed by atoms with Crippen LogP contribution in [0.2, 0.25) is 0 Å². The molecule has 0 radical (unpaired) electrons. The molecule has 1 aliphatic carbocycles. The number of hydrogen-bond donors (Lipinski definition) is 2. The van der Waals surface area contributed by atoms with E-state index in [2.05, 4.69) is 12.2 Å². The van der Waals surface area contributed by atoms with Gasteiger partial charge >= 0.3 is 0 Å². The molecule has 0 saturated heterocycles. The van der Waals surface area contributed by atoms with E-state index in [0.29, 0.717) is 16.5 Å². The molecule has 2 amide bonds. The molecule has 4 nitrogen and oxygen atoms in total. The molecule has 0 fully saturated rings. The number of fused-ring (bicyclic) bond motifs is 1. The number of benzene rings is 1. The standard InChI is InChI=1S/C21H24N2O2S/c1-2-6-15-9-11-16-17(13-15)26-21(19(16)20(22)25)23-18(24)12-10-14-7-4-3-5-8-14/h3-5,7-8,10,12,15H,2,6,9,11,13H2,1H3,(H2,22,25)(H,23,24)/b12-10+/t15-/m1/s1. The number of hydrogen-bond acceptors (Lipinski definition) is 3. The van der Waals surface area contributed by atoms with Gasteiger partial charge in [-0.05, 0) is 42.4 Å². The SMILES string of the molecule is CCC[C@@H]1CCc2c(sc(NC(=O)/C=C/c3ccccc3)c2C(N)=O)C1. The van der Waals surface area contributed by atoms with E-state index >= 15 is 0 Å². The second-order valence-electron chi connectivity index (χ2n) is 6.70. The van der Waals surface area contributed by atoms with Crippen LogP contribution in [0.4, 0.5) is 5.00 Å². The number of rotatable bonds is 6. The van der Waals surface area contributed by atoms with Gasteiger partial charge in [0.05, 0.1) is 5.56 Å². The van der Waals surface area contributed by atoms with Crippen molar-refractivity contribution in [2.45, 2.75) is 39.0 Å². The predicted octanol–water partition coefficient (Wildman–Crippen LogP) is 4.40. The monoisotopic (exact) mass is 368 g/mol. The molecule has 1 aliphatic rings. The maximum absolute atomic E-state index is 12.3. The summed E-state index contributed by atoms with van der Waals surface area (Å²) in [6.45, 7) is 2.20. The molecule has 1 heterocycles. The van der Waals surface area contributed by atoms with Crippen LogP contribution in [-0.2, 0) is 17.6 Å². The van der Waals surface area contributed by atoms with Crippen LogP contribution in [0.5, 0.6) is 0 Å². The quantitative estimate of drug-likeness (QED) is 0.742. The van der Waals surface area contributed by atoms with Crippen LogP contribution in [0, 0.1) is 5.92 Å². The van der Waals surface area contributed by atoms with E-state index in [9.17, 15) is 9.59 Å². The minimum atomic E-state index is -0.459. The Morgan fingerprint density at radius 3 is 2.77 bits per heavy atom. The third-order valence-electron chi connectivity index (χ3n) is 4.77. The van der Waals surface area contributed by atoms with Crippen molar-refractivity contribution in [2.24, 2.45) is 11.7 Å². The smallest absolute Gasteiger partial charge is 0.251 e. The molecule has 1 atom stereocenters. The second-order valence-corrected chi connectivity index (χ2v) is 7.81. The van der Waals surface area contributed by atoms with Crippen molar-refractivity contribution in [3.05, 3.63) is 58.0 Å². The number of nitrogens with one attached hydrogen (secondary N) is 1. The zero-order valence-corrected chi connectivity index (χ0v) is 15.8. The average Bonchev–Trinajstić information content (AvgIpc) is 2.98. The van der Waals surface area contributed by atoms with Crippen LogP contribution < -0.4 is 11.1 Å². The molecule has 26 heavy (non-hydrogen) atoms. The van der Waals surface area contributed by atoms with Crippen molar-refractivity contribution in [1.29, 1.82) is 0 Å². The van der Waals surface area contributed by atoms with Gasteiger partial charge in [-0.2, -0.15) is 0 Å². The lowest BCUT2D eigenvalue weighted by Gasteiger charge is -2.21. The lowest BCUT2D eigenvalue weighted by atomic mass is 9.84. The fraction of sp³-hybridized carbons (Fsp3) is 0.333. The highest BCUT2D eigenvalue weighted by molar-refractivity contribution is 7.17. The van der Waals surface area contributed by atoms with Crippen molar-refractivity contribution < 1.29 is 9.59 Å². The minimum Gasteiger partial charge on any atom is -0.365 e. The van der Waals surface area contributed by atoms with Gasteiger partial charge in [0, 0.05) is 11.0 Å². The molecule has 0 spiro atoms. The summed E-state index contributed by atoms with van der Waals surface area (Å²) in [5.74, 6) is -0.0488. The van der Waals surface area contributed by atoms with E-state index in [4.69, 9.17) is 5.73 Å². The maximum Gasteiger partial charge on any atom is 0.251 e. The molecule has 2 aromatic rings. The molecule has 0 aliphatic heterocycles. The number of primary amides is 1. The molecule has 0 saturated carbocycles. The molecule has 1 aromatic carbocycles. The molecule has 5 heteroatoms. The van der Waals surface area contributed by atoms with Crippen molar-refractivity contribution in [2.75, 3.05) is 5.32 Å². The Morgan fingerprint density at radius 1 is 1.31 bits per heavy atom. The Bertz CT molecular complexity index is 824. The zero-order chi connectivity index (χ0) is 18.5. The largest absolute Gasteiger partial charge is 0.365 e. The van der Waals surface area contributed by atoms with Crippen LogP contribution >= 0.6 is 11.3 Å². The molecular formula is C21H24N2O2S. The summed E-state index contributed by atoms with van der Waals surface area (Å²) in [4.78, 5) is 25.5. The Labute approximate surface area is 158 Å². The van der Waals surface area contributed by atoms with Gasteiger partial charge in [0.15, 0.2) is 0 Å². The minimum absolute atomic E-state index is 0.250. The van der Waals surface area contributed by atoms with Gasteiger partial charge in [0.1, 0.15) is 5.00 Å². The highest BCUT2D eigenvalue weighted by atomic mass is 32.1. The predicted molar refractivity (Wildman–Crippen MR) is 107 cm³/mol. The van der Waals surface area contributed by atoms with Gasteiger partial charge in [-0.1, -0.05) is 50.1 Å². The van der Waals surface area contributed by atoms with Crippen LogP contribution in [0.15, 0.2) is 36.4 Å². The van der Waals surface area contributed by atoms with Crippen molar-refractivity contribution in [3.8, 4) is 0 Å². The first kappa shape index (κ1) is 18.4. The average molecular weight is 369 g/mol. The van der Waals surface area contributed by atoms with Gasteiger partial charge < -0.3 is 11.1 Å². The zero-order valence-electron chi connectivity index (χ0n) is 15.0. The Balaban J connectivity index is 1.78. The number of nitrogens with two attached hydrogens (primary N) is 1. The third-order valence-corrected chi connectivity index (χ3v) is 5.94. The van der Waals surface area contributed by atoms with E-state index in [1.165, 1.54) is 35.1 Å². The molecular weight excluding hydrogens is 344 g/mol. The summed E-state index contributed by atoms with van der Waals surface area (Å²) in [6, 6.07) is 9.62. The lowest BCUT2D eigenvalue weighted by molar-refractivity contribution is -0.111. The third kappa shape index (κ3) is 4.22. The summed E-state index contributed by atoms with van der Waals surface area (Å²) < 4.78 is 0. The molecule has 3 N–H and O–H groups in total. The Kier molecular flexibility index (Phi) is 5.89. The van der Waals surface area contributed by atoms with Gasteiger partial charge in [-0.15, -0.1) is 11.3 Å². The number of thiophene rings is 1. The number of carbonyl (C=O) groups is 2. The Morgan fingerprint density at radius 2 is 2.08 bits per heavy atom. The van der Waals surface area contributed by atoms with E-state index in [1.54, 1.807) is 6.08 Å². The topological polar surface area (TPSA) is 72.2 Å².